The van der Waals surface area contributed by atoms with E-state index in [1.165, 1.54) is 0 Å². The highest BCUT2D eigenvalue weighted by atomic mass is 16.5. The minimum Gasteiger partial charge on any atom is -0.478 e. The second kappa shape index (κ2) is 6.17. The minimum atomic E-state index is -0.877. The molecule has 1 N–H and O–H groups in total. The van der Waals surface area contributed by atoms with Crippen molar-refractivity contribution in [1.82, 2.24) is 4.90 Å². The molecule has 0 radical (unpaired) electrons. The molecule has 104 valence electrons. The van der Waals surface area contributed by atoms with Crippen LogP contribution in [0.4, 0.5) is 0 Å². The van der Waals surface area contributed by atoms with Gasteiger partial charge >= 0.3 is 5.97 Å². The zero-order valence-corrected chi connectivity index (χ0v) is 11.5. The number of carboxylic acid groups (broad SMARTS) is 1. The van der Waals surface area contributed by atoms with E-state index >= 15 is 0 Å². The van der Waals surface area contributed by atoms with E-state index in [4.69, 9.17) is 9.84 Å². The fraction of sp³-hybridized carbons (Fsp3) is 0.533. The van der Waals surface area contributed by atoms with Gasteiger partial charge in [0.1, 0.15) is 0 Å². The molecule has 0 saturated carbocycles. The Kier molecular flexibility index (Phi) is 4.56. The van der Waals surface area contributed by atoms with Gasteiger partial charge in [0, 0.05) is 19.6 Å². The molecule has 0 aliphatic carbocycles. The minimum absolute atomic E-state index is 0.278. The standard InChI is InChI=1S/C15H21NO3/c1-11(2)19-14-7-8-16(10-14)9-12-3-5-13(6-4-12)15(17)18/h3-6,11,14H,7-10H2,1-2H3,(H,17,18)/t14-/m1/s1. The van der Waals surface area contributed by atoms with Gasteiger partial charge in [-0.05, 0) is 38.0 Å². The summed E-state index contributed by atoms with van der Waals surface area (Å²) in [6.45, 7) is 6.98. The Labute approximate surface area is 114 Å². The maximum Gasteiger partial charge on any atom is 0.335 e. The van der Waals surface area contributed by atoms with Crippen molar-refractivity contribution in [3.63, 3.8) is 0 Å². The first-order chi connectivity index (χ1) is 9.04. The molecule has 1 aliphatic rings. The highest BCUT2D eigenvalue weighted by Crippen LogP contribution is 2.17. The monoisotopic (exact) mass is 263 g/mol. The zero-order chi connectivity index (χ0) is 13.8. The molecule has 0 amide bonds. The van der Waals surface area contributed by atoms with Crippen LogP contribution in [0, 0.1) is 0 Å². The third-order valence-corrected chi connectivity index (χ3v) is 3.30. The van der Waals surface area contributed by atoms with Gasteiger partial charge in [-0.3, -0.25) is 4.90 Å². The average molecular weight is 263 g/mol. The number of ether oxygens (including phenoxy) is 1. The van der Waals surface area contributed by atoms with Crippen LogP contribution in [0.15, 0.2) is 24.3 Å². The van der Waals surface area contributed by atoms with Crippen LogP contribution in [0.2, 0.25) is 0 Å². The summed E-state index contributed by atoms with van der Waals surface area (Å²) < 4.78 is 5.81. The highest BCUT2D eigenvalue weighted by Gasteiger charge is 2.23. The Morgan fingerprint density at radius 1 is 1.42 bits per heavy atom. The van der Waals surface area contributed by atoms with E-state index in [0.717, 1.165) is 31.6 Å². The third kappa shape index (κ3) is 4.04. The van der Waals surface area contributed by atoms with E-state index in [-0.39, 0.29) is 6.10 Å². The van der Waals surface area contributed by atoms with Gasteiger partial charge in [0.25, 0.3) is 0 Å². The Morgan fingerprint density at radius 2 is 2.11 bits per heavy atom. The van der Waals surface area contributed by atoms with E-state index in [2.05, 4.69) is 18.7 Å². The maximum atomic E-state index is 10.8. The van der Waals surface area contributed by atoms with Crippen molar-refractivity contribution in [3.05, 3.63) is 35.4 Å². The summed E-state index contributed by atoms with van der Waals surface area (Å²) in [5.74, 6) is -0.877. The van der Waals surface area contributed by atoms with Crippen molar-refractivity contribution in [1.29, 1.82) is 0 Å². The summed E-state index contributed by atoms with van der Waals surface area (Å²) in [7, 11) is 0. The predicted molar refractivity (Wildman–Crippen MR) is 73.3 cm³/mol. The molecule has 1 heterocycles. The van der Waals surface area contributed by atoms with Crippen LogP contribution < -0.4 is 0 Å². The molecule has 1 aliphatic heterocycles. The molecule has 1 aromatic carbocycles. The fourth-order valence-electron chi connectivity index (χ4n) is 2.45. The van der Waals surface area contributed by atoms with Crippen molar-refractivity contribution in [2.24, 2.45) is 0 Å². The highest BCUT2D eigenvalue weighted by molar-refractivity contribution is 5.87. The van der Waals surface area contributed by atoms with Gasteiger partial charge in [0.2, 0.25) is 0 Å². The van der Waals surface area contributed by atoms with Gasteiger partial charge in [-0.1, -0.05) is 12.1 Å². The van der Waals surface area contributed by atoms with Crippen LogP contribution >= 0.6 is 0 Å². The topological polar surface area (TPSA) is 49.8 Å². The summed E-state index contributed by atoms with van der Waals surface area (Å²) in [5.41, 5.74) is 1.49. The Morgan fingerprint density at radius 3 is 2.68 bits per heavy atom. The van der Waals surface area contributed by atoms with Crippen molar-refractivity contribution in [2.75, 3.05) is 13.1 Å². The van der Waals surface area contributed by atoms with E-state index in [1.54, 1.807) is 12.1 Å². The normalized spacial score (nSPS) is 20.1. The first-order valence-electron chi connectivity index (χ1n) is 6.74. The van der Waals surface area contributed by atoms with Gasteiger partial charge in [0.05, 0.1) is 17.8 Å². The van der Waals surface area contributed by atoms with Gasteiger partial charge in [0.15, 0.2) is 0 Å². The van der Waals surface area contributed by atoms with Crippen molar-refractivity contribution in [2.45, 2.75) is 39.0 Å². The zero-order valence-electron chi connectivity index (χ0n) is 11.5. The molecular weight excluding hydrogens is 242 g/mol. The molecule has 1 aromatic rings. The number of hydrogen-bond donors (Lipinski definition) is 1. The first kappa shape index (κ1) is 14.0. The van der Waals surface area contributed by atoms with Crippen molar-refractivity contribution >= 4 is 5.97 Å². The predicted octanol–water partition coefficient (Wildman–Crippen LogP) is 2.38. The molecule has 4 nitrogen and oxygen atoms in total. The van der Waals surface area contributed by atoms with E-state index in [9.17, 15) is 4.79 Å². The van der Waals surface area contributed by atoms with E-state index in [1.807, 2.05) is 12.1 Å². The molecule has 1 saturated heterocycles. The second-order valence-electron chi connectivity index (χ2n) is 5.33. The summed E-state index contributed by atoms with van der Waals surface area (Å²) in [6, 6.07) is 7.10. The number of nitrogens with zero attached hydrogens (tertiary/aromatic N) is 1. The van der Waals surface area contributed by atoms with Gasteiger partial charge < -0.3 is 9.84 Å². The van der Waals surface area contributed by atoms with Crippen LogP contribution in [-0.2, 0) is 11.3 Å². The lowest BCUT2D eigenvalue weighted by Gasteiger charge is -2.17. The fourth-order valence-corrected chi connectivity index (χ4v) is 2.45. The van der Waals surface area contributed by atoms with Crippen LogP contribution in [-0.4, -0.2) is 41.3 Å². The number of aromatic carboxylic acids is 1. The molecule has 0 unspecified atom stereocenters. The number of carbonyl (C=O) groups is 1. The van der Waals surface area contributed by atoms with Crippen molar-refractivity contribution in [3.8, 4) is 0 Å². The van der Waals surface area contributed by atoms with E-state index in [0.29, 0.717) is 11.7 Å². The molecule has 1 fully saturated rings. The van der Waals surface area contributed by atoms with Crippen LogP contribution in [0.5, 0.6) is 0 Å². The molecule has 0 aromatic heterocycles. The number of benzene rings is 1. The third-order valence-electron chi connectivity index (χ3n) is 3.30. The molecule has 4 heteroatoms. The first-order valence-corrected chi connectivity index (χ1v) is 6.74. The summed E-state index contributed by atoms with van der Waals surface area (Å²) in [6.07, 6.45) is 1.68. The average Bonchev–Trinajstić information content (AvgIpc) is 2.76. The lowest BCUT2D eigenvalue weighted by molar-refractivity contribution is 0.0137. The lowest BCUT2D eigenvalue weighted by atomic mass is 10.1. The quantitative estimate of drug-likeness (QED) is 0.886. The van der Waals surface area contributed by atoms with Crippen molar-refractivity contribution < 1.29 is 14.6 Å². The Bertz CT molecular complexity index is 428. The van der Waals surface area contributed by atoms with Gasteiger partial charge in [-0.25, -0.2) is 4.79 Å². The SMILES string of the molecule is CC(C)O[C@@H]1CCN(Cc2ccc(C(=O)O)cc2)C1. The molecule has 2 rings (SSSR count). The summed E-state index contributed by atoms with van der Waals surface area (Å²) in [5, 5.41) is 8.85. The van der Waals surface area contributed by atoms with Crippen LogP contribution in [0.3, 0.4) is 0 Å². The maximum absolute atomic E-state index is 10.8. The molecule has 19 heavy (non-hydrogen) atoms. The molecule has 1 atom stereocenters. The number of carboxylic acids is 1. The molecular formula is C15H21NO3. The number of rotatable bonds is 5. The Hall–Kier alpha value is -1.39. The Balaban J connectivity index is 1.87. The van der Waals surface area contributed by atoms with Crippen LogP contribution in [0.1, 0.15) is 36.2 Å². The smallest absolute Gasteiger partial charge is 0.335 e. The molecule has 0 bridgehead atoms. The second-order valence-corrected chi connectivity index (χ2v) is 5.33. The largest absolute Gasteiger partial charge is 0.478 e. The van der Waals surface area contributed by atoms with E-state index < -0.39 is 5.97 Å². The summed E-state index contributed by atoms with van der Waals surface area (Å²) >= 11 is 0. The lowest BCUT2D eigenvalue weighted by Crippen LogP contribution is -2.24. The molecule has 0 spiro atoms. The number of hydrogen-bond acceptors (Lipinski definition) is 3. The van der Waals surface area contributed by atoms with Crippen LogP contribution in [0.25, 0.3) is 0 Å². The van der Waals surface area contributed by atoms with Gasteiger partial charge in [-0.2, -0.15) is 0 Å². The van der Waals surface area contributed by atoms with Gasteiger partial charge in [-0.15, -0.1) is 0 Å². The number of likely N-dealkylation sites (tertiary alicyclic amines) is 1. The summed E-state index contributed by atoms with van der Waals surface area (Å²) in [4.78, 5) is 13.1.